The van der Waals surface area contributed by atoms with Gasteiger partial charge < -0.3 is 9.72 Å². The highest BCUT2D eigenvalue weighted by Gasteiger charge is 2.12. The Balaban J connectivity index is 1.76. The summed E-state index contributed by atoms with van der Waals surface area (Å²) >= 11 is 0. The zero-order chi connectivity index (χ0) is 14.1. The van der Waals surface area contributed by atoms with Crippen molar-refractivity contribution in [3.63, 3.8) is 0 Å². The van der Waals surface area contributed by atoms with Crippen LogP contribution in [0.1, 0.15) is 17.1 Å². The lowest BCUT2D eigenvalue weighted by molar-refractivity contribution is -0.115. The molecule has 3 aromatic heterocycles. The van der Waals surface area contributed by atoms with E-state index in [0.717, 1.165) is 28.4 Å². The van der Waals surface area contributed by atoms with Crippen molar-refractivity contribution in [2.24, 2.45) is 0 Å². The number of carbonyl (C=O) groups is 1. The zero-order valence-corrected chi connectivity index (χ0v) is 11.3. The fraction of sp³-hybridized carbons (Fsp3) is 0.214. The Hall–Kier alpha value is -2.63. The number of rotatable bonds is 3. The minimum Gasteiger partial charge on any atom is -0.323 e. The van der Waals surface area contributed by atoms with Gasteiger partial charge in [-0.25, -0.2) is 4.98 Å². The van der Waals surface area contributed by atoms with E-state index < -0.39 is 0 Å². The molecule has 0 atom stereocenters. The van der Waals surface area contributed by atoms with Gasteiger partial charge in [-0.05, 0) is 26.0 Å². The SMILES string of the molecule is Cc1n[nH]c(C)c1NC(=O)Cc1cn2ccccc2n1. The predicted molar refractivity (Wildman–Crippen MR) is 75.6 cm³/mol. The van der Waals surface area contributed by atoms with Crippen molar-refractivity contribution in [1.29, 1.82) is 0 Å². The number of anilines is 1. The molecule has 3 rings (SSSR count). The van der Waals surface area contributed by atoms with Crippen molar-refractivity contribution in [3.8, 4) is 0 Å². The van der Waals surface area contributed by atoms with Gasteiger partial charge in [0.1, 0.15) is 5.65 Å². The van der Waals surface area contributed by atoms with Gasteiger partial charge in [0.25, 0.3) is 0 Å². The summed E-state index contributed by atoms with van der Waals surface area (Å²) in [7, 11) is 0. The molecule has 0 saturated carbocycles. The Morgan fingerprint density at radius 2 is 2.25 bits per heavy atom. The summed E-state index contributed by atoms with van der Waals surface area (Å²) in [6.45, 7) is 3.73. The zero-order valence-electron chi connectivity index (χ0n) is 11.3. The molecule has 0 aromatic carbocycles. The predicted octanol–water partition coefficient (Wildman–Crippen LogP) is 1.86. The van der Waals surface area contributed by atoms with Crippen LogP contribution in [0.4, 0.5) is 5.69 Å². The van der Waals surface area contributed by atoms with Crippen molar-refractivity contribution in [3.05, 3.63) is 47.7 Å². The first-order chi connectivity index (χ1) is 9.63. The minimum atomic E-state index is -0.0963. The molecule has 6 heteroatoms. The molecule has 3 heterocycles. The molecule has 0 fully saturated rings. The van der Waals surface area contributed by atoms with Gasteiger partial charge in [-0.2, -0.15) is 5.10 Å². The second kappa shape index (κ2) is 4.80. The van der Waals surface area contributed by atoms with E-state index in [-0.39, 0.29) is 12.3 Å². The first-order valence-corrected chi connectivity index (χ1v) is 6.37. The van der Waals surface area contributed by atoms with Crippen LogP contribution in [0.25, 0.3) is 5.65 Å². The average molecular weight is 269 g/mol. The lowest BCUT2D eigenvalue weighted by Gasteiger charge is -2.03. The molecule has 0 bridgehead atoms. The molecule has 0 aliphatic rings. The summed E-state index contributed by atoms with van der Waals surface area (Å²) in [5, 5.41) is 9.76. The van der Waals surface area contributed by atoms with Gasteiger partial charge in [0.2, 0.25) is 5.91 Å². The van der Waals surface area contributed by atoms with E-state index in [9.17, 15) is 4.79 Å². The molecule has 0 aliphatic heterocycles. The van der Waals surface area contributed by atoms with Crippen molar-refractivity contribution in [2.45, 2.75) is 20.3 Å². The molecular formula is C14H15N5O. The maximum Gasteiger partial charge on any atom is 0.230 e. The van der Waals surface area contributed by atoms with Crippen LogP contribution in [0, 0.1) is 13.8 Å². The minimum absolute atomic E-state index is 0.0963. The first kappa shape index (κ1) is 12.4. The molecule has 102 valence electrons. The molecule has 1 amide bonds. The Labute approximate surface area is 115 Å². The fourth-order valence-electron chi connectivity index (χ4n) is 2.16. The molecule has 0 saturated heterocycles. The van der Waals surface area contributed by atoms with E-state index in [2.05, 4.69) is 20.5 Å². The number of H-pyrrole nitrogens is 1. The molecular weight excluding hydrogens is 254 g/mol. The van der Waals surface area contributed by atoms with Gasteiger partial charge in [0, 0.05) is 12.4 Å². The summed E-state index contributed by atoms with van der Waals surface area (Å²) in [4.78, 5) is 16.5. The summed E-state index contributed by atoms with van der Waals surface area (Å²) in [5.41, 5.74) is 3.97. The van der Waals surface area contributed by atoms with Crippen molar-refractivity contribution in [1.82, 2.24) is 19.6 Å². The average Bonchev–Trinajstić information content (AvgIpc) is 2.96. The van der Waals surface area contributed by atoms with E-state index in [1.54, 1.807) is 0 Å². The van der Waals surface area contributed by atoms with E-state index >= 15 is 0 Å². The Morgan fingerprint density at radius 3 is 2.95 bits per heavy atom. The number of aromatic nitrogens is 4. The quantitative estimate of drug-likeness (QED) is 0.762. The lowest BCUT2D eigenvalue weighted by atomic mass is 10.2. The Kier molecular flexibility index (Phi) is 2.98. The largest absolute Gasteiger partial charge is 0.323 e. The van der Waals surface area contributed by atoms with E-state index in [4.69, 9.17) is 0 Å². The van der Waals surface area contributed by atoms with Crippen LogP contribution in [0.2, 0.25) is 0 Å². The molecule has 0 aliphatic carbocycles. The smallest absolute Gasteiger partial charge is 0.230 e. The molecule has 2 N–H and O–H groups in total. The number of carbonyl (C=O) groups excluding carboxylic acids is 1. The fourth-order valence-corrected chi connectivity index (χ4v) is 2.16. The van der Waals surface area contributed by atoms with Crippen LogP contribution in [0.5, 0.6) is 0 Å². The lowest BCUT2D eigenvalue weighted by Crippen LogP contribution is -2.15. The highest BCUT2D eigenvalue weighted by atomic mass is 16.1. The number of fused-ring (bicyclic) bond motifs is 1. The van der Waals surface area contributed by atoms with Gasteiger partial charge in [-0.15, -0.1) is 0 Å². The van der Waals surface area contributed by atoms with Gasteiger partial charge in [-0.1, -0.05) is 6.07 Å². The molecule has 6 nitrogen and oxygen atoms in total. The highest BCUT2D eigenvalue weighted by molar-refractivity contribution is 5.93. The number of amides is 1. The molecule has 0 unspecified atom stereocenters. The number of hydrogen-bond donors (Lipinski definition) is 2. The summed E-state index contributed by atoms with van der Waals surface area (Å²) in [5.74, 6) is -0.0963. The Morgan fingerprint density at radius 1 is 1.40 bits per heavy atom. The molecule has 20 heavy (non-hydrogen) atoms. The molecule has 0 radical (unpaired) electrons. The first-order valence-electron chi connectivity index (χ1n) is 6.37. The molecule has 3 aromatic rings. The van der Waals surface area contributed by atoms with E-state index in [0.29, 0.717) is 0 Å². The standard InChI is InChI=1S/C14H15N5O/c1-9-14(10(2)18-17-9)16-13(20)7-11-8-19-6-4-3-5-12(19)15-11/h3-6,8H,7H2,1-2H3,(H,16,20)(H,17,18). The van der Waals surface area contributed by atoms with Crippen LogP contribution in [0.3, 0.4) is 0 Å². The monoisotopic (exact) mass is 269 g/mol. The summed E-state index contributed by atoms with van der Waals surface area (Å²) < 4.78 is 1.90. The van der Waals surface area contributed by atoms with E-state index in [1.165, 1.54) is 0 Å². The normalized spacial score (nSPS) is 10.9. The number of nitrogens with zero attached hydrogens (tertiary/aromatic N) is 3. The van der Waals surface area contributed by atoms with Crippen molar-refractivity contribution < 1.29 is 4.79 Å². The van der Waals surface area contributed by atoms with E-state index in [1.807, 2.05) is 48.8 Å². The highest BCUT2D eigenvalue weighted by Crippen LogP contribution is 2.16. The van der Waals surface area contributed by atoms with Gasteiger partial charge in [0.05, 0.1) is 29.2 Å². The number of hydrogen-bond acceptors (Lipinski definition) is 3. The maximum atomic E-state index is 12.1. The third-order valence-electron chi connectivity index (χ3n) is 3.15. The van der Waals surface area contributed by atoms with Crippen molar-refractivity contribution in [2.75, 3.05) is 5.32 Å². The van der Waals surface area contributed by atoms with Crippen LogP contribution < -0.4 is 5.32 Å². The number of pyridine rings is 1. The number of nitrogens with one attached hydrogen (secondary N) is 2. The van der Waals surface area contributed by atoms with Gasteiger partial charge in [0.15, 0.2) is 0 Å². The number of aryl methyl sites for hydroxylation is 2. The second-order valence-electron chi connectivity index (χ2n) is 4.73. The van der Waals surface area contributed by atoms with Gasteiger partial charge in [-0.3, -0.25) is 9.89 Å². The van der Waals surface area contributed by atoms with Crippen LogP contribution in [-0.2, 0) is 11.2 Å². The van der Waals surface area contributed by atoms with Crippen LogP contribution in [0.15, 0.2) is 30.6 Å². The van der Waals surface area contributed by atoms with Crippen LogP contribution >= 0.6 is 0 Å². The van der Waals surface area contributed by atoms with Crippen molar-refractivity contribution >= 4 is 17.2 Å². The number of aromatic amines is 1. The number of imidazole rings is 1. The topological polar surface area (TPSA) is 75.1 Å². The summed E-state index contributed by atoms with van der Waals surface area (Å²) in [6, 6.07) is 5.76. The van der Waals surface area contributed by atoms with Gasteiger partial charge >= 0.3 is 0 Å². The summed E-state index contributed by atoms with van der Waals surface area (Å²) in [6.07, 6.45) is 4.02. The maximum absolute atomic E-state index is 12.1. The second-order valence-corrected chi connectivity index (χ2v) is 4.73. The third-order valence-corrected chi connectivity index (χ3v) is 3.15. The Bertz CT molecular complexity index is 718. The molecule has 0 spiro atoms. The van der Waals surface area contributed by atoms with Crippen LogP contribution in [-0.4, -0.2) is 25.5 Å². The third kappa shape index (κ3) is 2.27.